The molecule has 2 heterocycles. The zero-order chi connectivity index (χ0) is 24.9. The van der Waals surface area contributed by atoms with Gasteiger partial charge in [-0.3, -0.25) is 4.79 Å². The number of amides is 1. The van der Waals surface area contributed by atoms with Crippen LogP contribution in [0.1, 0.15) is 40.9 Å². The van der Waals surface area contributed by atoms with Gasteiger partial charge in [0.2, 0.25) is 5.88 Å². The lowest BCUT2D eigenvalue weighted by Crippen LogP contribution is -2.31. The number of hydrazone groups is 1. The van der Waals surface area contributed by atoms with Crippen LogP contribution in [0.15, 0.2) is 96.2 Å². The molecule has 0 saturated carbocycles. The molecule has 0 spiro atoms. The monoisotopic (exact) mass is 479 g/mol. The van der Waals surface area contributed by atoms with Crippen LogP contribution in [0.25, 0.3) is 10.8 Å². The highest BCUT2D eigenvalue weighted by Crippen LogP contribution is 2.33. The molecule has 0 bridgehead atoms. The minimum absolute atomic E-state index is 0.175. The third-order valence-electron chi connectivity index (χ3n) is 6.03. The molecule has 3 aromatic carbocycles. The first-order valence-corrected chi connectivity index (χ1v) is 11.8. The normalized spacial score (nSPS) is 15.0. The van der Waals surface area contributed by atoms with E-state index in [9.17, 15) is 9.59 Å². The third-order valence-corrected chi connectivity index (χ3v) is 6.03. The Hall–Kier alpha value is -4.52. The van der Waals surface area contributed by atoms with Crippen molar-refractivity contribution in [1.82, 2.24) is 9.99 Å². The van der Waals surface area contributed by atoms with Crippen LogP contribution in [0.4, 0.5) is 0 Å². The molecule has 0 aliphatic carbocycles. The number of carbonyl (C=O) groups excluding carboxylic acids is 2. The van der Waals surface area contributed by atoms with Gasteiger partial charge in [0.25, 0.3) is 5.91 Å². The van der Waals surface area contributed by atoms with Gasteiger partial charge in [-0.1, -0.05) is 66.7 Å². The number of esters is 1. The first-order valence-electron chi connectivity index (χ1n) is 11.8. The molecule has 7 nitrogen and oxygen atoms in total. The van der Waals surface area contributed by atoms with Crippen molar-refractivity contribution < 1.29 is 19.1 Å². The Kier molecular flexibility index (Phi) is 6.71. The minimum Gasteiger partial charge on any atom is -0.477 e. The summed E-state index contributed by atoms with van der Waals surface area (Å²) in [7, 11) is 0. The van der Waals surface area contributed by atoms with Crippen LogP contribution in [0.3, 0.4) is 0 Å². The fourth-order valence-electron chi connectivity index (χ4n) is 4.29. The molecule has 5 rings (SSSR count). The molecular weight excluding hydrogens is 454 g/mol. The molecule has 0 fully saturated rings. The van der Waals surface area contributed by atoms with Gasteiger partial charge in [0, 0.05) is 12.6 Å². The average Bonchev–Trinajstić information content (AvgIpc) is 3.38. The number of benzene rings is 3. The molecule has 180 valence electrons. The first kappa shape index (κ1) is 23.2. The van der Waals surface area contributed by atoms with Crippen molar-refractivity contribution >= 4 is 28.4 Å². The van der Waals surface area contributed by atoms with Gasteiger partial charge in [-0.2, -0.15) is 5.10 Å². The van der Waals surface area contributed by atoms with E-state index in [-0.39, 0.29) is 17.5 Å². The van der Waals surface area contributed by atoms with Gasteiger partial charge < -0.3 is 9.47 Å². The Morgan fingerprint density at radius 2 is 1.72 bits per heavy atom. The van der Waals surface area contributed by atoms with E-state index in [0.29, 0.717) is 13.0 Å². The van der Waals surface area contributed by atoms with Crippen LogP contribution in [-0.2, 0) is 9.53 Å². The van der Waals surface area contributed by atoms with Crippen molar-refractivity contribution in [2.24, 2.45) is 5.10 Å². The summed E-state index contributed by atoms with van der Waals surface area (Å²) in [5, 5.41) is 8.37. The van der Waals surface area contributed by atoms with Crippen LogP contribution in [0.2, 0.25) is 0 Å². The highest BCUT2D eigenvalue weighted by atomic mass is 16.5. The van der Waals surface area contributed by atoms with E-state index in [1.54, 1.807) is 19.1 Å². The van der Waals surface area contributed by atoms with Gasteiger partial charge >= 0.3 is 5.97 Å². The van der Waals surface area contributed by atoms with Crippen molar-refractivity contribution in [3.05, 3.63) is 108 Å². The van der Waals surface area contributed by atoms with Gasteiger partial charge in [-0.05, 0) is 47.0 Å². The molecular formula is C29H25N3O4. The number of ether oxygens (including phenoxy) is 2. The van der Waals surface area contributed by atoms with Crippen LogP contribution >= 0.6 is 0 Å². The van der Waals surface area contributed by atoms with E-state index in [1.165, 1.54) is 11.2 Å². The SMILES string of the molecule is CCOc1ncccc1C(=O)OCC(=O)N1N=C(c2ccc3ccccc3c2)CC1c1ccccc1. The Morgan fingerprint density at radius 1 is 0.944 bits per heavy atom. The highest BCUT2D eigenvalue weighted by molar-refractivity contribution is 6.05. The molecule has 0 saturated heterocycles. The van der Waals surface area contributed by atoms with E-state index < -0.39 is 18.5 Å². The smallest absolute Gasteiger partial charge is 0.344 e. The number of nitrogens with zero attached hydrogens (tertiary/aromatic N) is 3. The largest absolute Gasteiger partial charge is 0.477 e. The third kappa shape index (κ3) is 4.81. The quantitative estimate of drug-likeness (QED) is 0.342. The van der Waals surface area contributed by atoms with Crippen molar-refractivity contribution in [2.45, 2.75) is 19.4 Å². The summed E-state index contributed by atoms with van der Waals surface area (Å²) in [6, 6.07) is 26.9. The van der Waals surface area contributed by atoms with E-state index in [2.05, 4.69) is 29.2 Å². The number of pyridine rings is 1. The molecule has 1 aromatic heterocycles. The molecule has 1 aliphatic heterocycles. The Morgan fingerprint density at radius 3 is 2.53 bits per heavy atom. The van der Waals surface area contributed by atoms with Gasteiger partial charge in [0.05, 0.1) is 18.4 Å². The van der Waals surface area contributed by atoms with Gasteiger partial charge in [-0.15, -0.1) is 0 Å². The zero-order valence-corrected chi connectivity index (χ0v) is 19.8. The highest BCUT2D eigenvalue weighted by Gasteiger charge is 2.33. The van der Waals surface area contributed by atoms with Crippen molar-refractivity contribution in [3.8, 4) is 5.88 Å². The first-order chi connectivity index (χ1) is 17.6. The summed E-state index contributed by atoms with van der Waals surface area (Å²) < 4.78 is 10.8. The summed E-state index contributed by atoms with van der Waals surface area (Å²) in [5.41, 5.74) is 2.90. The average molecular weight is 480 g/mol. The fourth-order valence-corrected chi connectivity index (χ4v) is 4.29. The number of carbonyl (C=O) groups is 2. The molecule has 1 amide bonds. The molecule has 0 N–H and O–H groups in total. The van der Waals surface area contributed by atoms with Gasteiger partial charge in [0.15, 0.2) is 6.61 Å². The maximum atomic E-state index is 13.3. The standard InChI is InChI=1S/C29H25N3O4/c1-2-35-28-24(13-8-16-30-28)29(34)36-19-27(33)32-26(21-10-4-3-5-11-21)18-25(31-32)23-15-14-20-9-6-7-12-22(20)17-23/h3-17,26H,2,18-19H2,1H3. The van der Waals surface area contributed by atoms with E-state index in [4.69, 9.17) is 14.6 Å². The number of hydrogen-bond donors (Lipinski definition) is 0. The Bertz CT molecular complexity index is 1430. The number of fused-ring (bicyclic) bond motifs is 1. The fraction of sp³-hybridized carbons (Fsp3) is 0.172. The van der Waals surface area contributed by atoms with Crippen LogP contribution in [0, 0.1) is 0 Å². The molecule has 1 aliphatic rings. The second-order valence-electron chi connectivity index (χ2n) is 8.34. The maximum absolute atomic E-state index is 13.3. The Labute approximate surface area is 209 Å². The van der Waals surface area contributed by atoms with E-state index in [0.717, 1.165) is 27.6 Å². The zero-order valence-electron chi connectivity index (χ0n) is 19.8. The van der Waals surface area contributed by atoms with Crippen molar-refractivity contribution in [1.29, 1.82) is 0 Å². The predicted octanol–water partition coefficient (Wildman–Crippen LogP) is 5.17. The van der Waals surface area contributed by atoms with Crippen molar-refractivity contribution in [2.75, 3.05) is 13.2 Å². The Balaban J connectivity index is 1.38. The molecule has 7 heteroatoms. The number of hydrogen-bond acceptors (Lipinski definition) is 6. The summed E-state index contributed by atoms with van der Waals surface area (Å²) in [6.45, 7) is 1.71. The second-order valence-corrected chi connectivity index (χ2v) is 8.34. The molecule has 1 unspecified atom stereocenters. The van der Waals surface area contributed by atoms with Gasteiger partial charge in [-0.25, -0.2) is 14.8 Å². The lowest BCUT2D eigenvalue weighted by molar-refractivity contribution is -0.136. The second kappa shape index (κ2) is 10.4. The number of rotatable bonds is 7. The summed E-state index contributed by atoms with van der Waals surface area (Å²) >= 11 is 0. The van der Waals surface area contributed by atoms with Crippen LogP contribution < -0.4 is 4.74 Å². The summed E-state index contributed by atoms with van der Waals surface area (Å²) in [4.78, 5) is 30.0. The predicted molar refractivity (Wildman–Crippen MR) is 137 cm³/mol. The van der Waals surface area contributed by atoms with Crippen molar-refractivity contribution in [3.63, 3.8) is 0 Å². The minimum atomic E-state index is -0.672. The molecule has 4 aromatic rings. The van der Waals surface area contributed by atoms with E-state index >= 15 is 0 Å². The summed E-state index contributed by atoms with van der Waals surface area (Å²) in [6.07, 6.45) is 2.09. The van der Waals surface area contributed by atoms with Crippen LogP contribution in [0.5, 0.6) is 5.88 Å². The maximum Gasteiger partial charge on any atom is 0.344 e. The number of aromatic nitrogens is 1. The molecule has 0 radical (unpaired) electrons. The molecule has 1 atom stereocenters. The van der Waals surface area contributed by atoms with E-state index in [1.807, 2.05) is 48.5 Å². The van der Waals surface area contributed by atoms with Gasteiger partial charge in [0.1, 0.15) is 5.56 Å². The summed E-state index contributed by atoms with van der Waals surface area (Å²) in [5.74, 6) is -0.902. The van der Waals surface area contributed by atoms with Crippen LogP contribution in [-0.4, -0.2) is 40.8 Å². The lowest BCUT2D eigenvalue weighted by atomic mass is 9.97. The topological polar surface area (TPSA) is 81.1 Å². The lowest BCUT2D eigenvalue weighted by Gasteiger charge is -2.22. The molecule has 36 heavy (non-hydrogen) atoms.